The molecule has 134 valence electrons. The third kappa shape index (κ3) is 2.78. The Morgan fingerprint density at radius 2 is 2.00 bits per heavy atom. The van der Waals surface area contributed by atoms with Crippen LogP contribution in [0.3, 0.4) is 0 Å². The van der Waals surface area contributed by atoms with E-state index in [4.69, 9.17) is 13.5 Å². The molecule has 9 nitrogen and oxygen atoms in total. The van der Waals surface area contributed by atoms with Gasteiger partial charge in [0.2, 0.25) is 17.5 Å². The number of furan rings is 1. The van der Waals surface area contributed by atoms with Gasteiger partial charge in [0, 0.05) is 25.4 Å². The summed E-state index contributed by atoms with van der Waals surface area (Å²) in [4.78, 5) is 22.7. The molecular formula is C18H13N5O4. The van der Waals surface area contributed by atoms with Gasteiger partial charge >= 0.3 is 0 Å². The maximum Gasteiger partial charge on any atom is 0.276 e. The van der Waals surface area contributed by atoms with Crippen molar-refractivity contribution >= 4 is 5.91 Å². The molecule has 1 aliphatic rings. The van der Waals surface area contributed by atoms with E-state index in [1.807, 2.05) is 18.2 Å². The molecule has 0 unspecified atom stereocenters. The van der Waals surface area contributed by atoms with Crippen LogP contribution >= 0.6 is 0 Å². The summed E-state index contributed by atoms with van der Waals surface area (Å²) in [6.45, 7) is 0.956. The van der Waals surface area contributed by atoms with Crippen molar-refractivity contribution in [2.75, 3.05) is 13.1 Å². The average molecular weight is 363 g/mol. The molecule has 0 radical (unpaired) electrons. The van der Waals surface area contributed by atoms with Crippen LogP contribution in [0.1, 0.15) is 22.3 Å². The van der Waals surface area contributed by atoms with Gasteiger partial charge in [-0.2, -0.15) is 4.98 Å². The van der Waals surface area contributed by atoms with Gasteiger partial charge < -0.3 is 18.4 Å². The fourth-order valence-electron chi connectivity index (χ4n) is 2.87. The van der Waals surface area contributed by atoms with E-state index < -0.39 is 0 Å². The number of amides is 1. The standard InChI is InChI=1S/C18H13N5O4/c24-18(13-8-15(26-21-13)14-5-3-7-25-14)23-9-11(10-23)17-20-16(22-27-17)12-4-1-2-6-19-12/h1-8,11H,9-10H2. The molecule has 5 heterocycles. The fraction of sp³-hybridized carbons (Fsp3) is 0.167. The van der Waals surface area contributed by atoms with Crippen molar-refractivity contribution in [1.29, 1.82) is 0 Å². The Morgan fingerprint density at radius 1 is 1.07 bits per heavy atom. The van der Waals surface area contributed by atoms with Crippen LogP contribution in [0.25, 0.3) is 23.0 Å². The third-order valence-corrected chi connectivity index (χ3v) is 4.35. The number of aromatic nitrogens is 4. The lowest BCUT2D eigenvalue weighted by Gasteiger charge is -2.36. The average Bonchev–Trinajstić information content (AvgIpc) is 3.41. The number of pyridine rings is 1. The molecule has 0 bridgehead atoms. The maximum atomic E-state index is 12.5. The van der Waals surface area contributed by atoms with Crippen molar-refractivity contribution in [3.63, 3.8) is 0 Å². The van der Waals surface area contributed by atoms with E-state index in [0.29, 0.717) is 42.0 Å². The predicted molar refractivity (Wildman–Crippen MR) is 90.4 cm³/mol. The number of hydrogen-bond donors (Lipinski definition) is 0. The van der Waals surface area contributed by atoms with Gasteiger partial charge in [-0.05, 0) is 24.3 Å². The molecule has 0 aliphatic carbocycles. The van der Waals surface area contributed by atoms with Crippen LogP contribution in [-0.4, -0.2) is 44.2 Å². The second-order valence-corrected chi connectivity index (χ2v) is 6.13. The number of carbonyl (C=O) groups excluding carboxylic acids is 1. The molecule has 9 heteroatoms. The normalized spacial score (nSPS) is 14.3. The van der Waals surface area contributed by atoms with E-state index in [1.54, 1.807) is 29.3 Å². The smallest absolute Gasteiger partial charge is 0.276 e. The van der Waals surface area contributed by atoms with Gasteiger partial charge in [-0.1, -0.05) is 16.4 Å². The van der Waals surface area contributed by atoms with Crippen LogP contribution < -0.4 is 0 Å². The molecule has 1 aliphatic heterocycles. The monoisotopic (exact) mass is 363 g/mol. The first-order chi connectivity index (χ1) is 13.3. The Labute approximate surface area is 152 Å². The molecule has 4 aromatic rings. The quantitative estimate of drug-likeness (QED) is 0.544. The van der Waals surface area contributed by atoms with E-state index in [-0.39, 0.29) is 17.5 Å². The van der Waals surface area contributed by atoms with Crippen molar-refractivity contribution in [1.82, 2.24) is 25.2 Å². The summed E-state index contributed by atoms with van der Waals surface area (Å²) >= 11 is 0. The van der Waals surface area contributed by atoms with E-state index in [9.17, 15) is 4.79 Å². The van der Waals surface area contributed by atoms with Gasteiger partial charge in [0.05, 0.1) is 12.2 Å². The Balaban J connectivity index is 1.24. The number of likely N-dealkylation sites (tertiary alicyclic amines) is 1. The van der Waals surface area contributed by atoms with Crippen molar-refractivity contribution in [2.24, 2.45) is 0 Å². The Kier molecular flexibility index (Phi) is 3.56. The number of carbonyl (C=O) groups is 1. The predicted octanol–water partition coefficient (Wildman–Crippen LogP) is 2.62. The summed E-state index contributed by atoms with van der Waals surface area (Å²) in [5, 5.41) is 7.79. The first-order valence-corrected chi connectivity index (χ1v) is 8.33. The first-order valence-electron chi connectivity index (χ1n) is 8.33. The van der Waals surface area contributed by atoms with Gasteiger partial charge in [-0.25, -0.2) is 0 Å². The molecular weight excluding hydrogens is 350 g/mol. The maximum absolute atomic E-state index is 12.5. The molecule has 0 atom stereocenters. The minimum atomic E-state index is -0.211. The highest BCUT2D eigenvalue weighted by Crippen LogP contribution is 2.29. The Morgan fingerprint density at radius 3 is 2.78 bits per heavy atom. The molecule has 1 fully saturated rings. The molecule has 1 saturated heterocycles. The molecule has 0 N–H and O–H groups in total. The molecule has 4 aromatic heterocycles. The van der Waals surface area contributed by atoms with Crippen LogP contribution in [0.4, 0.5) is 0 Å². The summed E-state index contributed by atoms with van der Waals surface area (Å²) in [5.41, 5.74) is 0.882. The Hall–Kier alpha value is -3.75. The Bertz CT molecular complexity index is 1060. The van der Waals surface area contributed by atoms with E-state index in [1.165, 1.54) is 6.26 Å². The van der Waals surface area contributed by atoms with Crippen LogP contribution in [-0.2, 0) is 0 Å². The SMILES string of the molecule is O=C(c1cc(-c2ccco2)on1)N1CC(c2nc(-c3ccccn3)no2)C1. The summed E-state index contributed by atoms with van der Waals surface area (Å²) in [6.07, 6.45) is 3.20. The van der Waals surface area contributed by atoms with Gasteiger partial charge in [0.25, 0.3) is 5.91 Å². The summed E-state index contributed by atoms with van der Waals surface area (Å²) in [5.74, 6) is 1.66. The first kappa shape index (κ1) is 15.5. The van der Waals surface area contributed by atoms with Crippen molar-refractivity contribution in [2.45, 2.75) is 5.92 Å². The van der Waals surface area contributed by atoms with Gasteiger partial charge in [-0.3, -0.25) is 9.78 Å². The van der Waals surface area contributed by atoms with Gasteiger partial charge in [0.1, 0.15) is 5.69 Å². The van der Waals surface area contributed by atoms with Gasteiger partial charge in [0.15, 0.2) is 11.5 Å². The molecule has 5 rings (SSSR count). The number of rotatable bonds is 4. The van der Waals surface area contributed by atoms with Crippen LogP contribution in [0.5, 0.6) is 0 Å². The minimum Gasteiger partial charge on any atom is -0.461 e. The van der Waals surface area contributed by atoms with Crippen LogP contribution in [0, 0.1) is 0 Å². The molecule has 27 heavy (non-hydrogen) atoms. The zero-order chi connectivity index (χ0) is 18.2. The lowest BCUT2D eigenvalue weighted by atomic mass is 9.99. The highest BCUT2D eigenvalue weighted by molar-refractivity contribution is 5.93. The second-order valence-electron chi connectivity index (χ2n) is 6.13. The molecule has 0 saturated carbocycles. The minimum absolute atomic E-state index is 0.00430. The molecule has 0 aromatic carbocycles. The van der Waals surface area contributed by atoms with Crippen LogP contribution in [0.15, 0.2) is 62.3 Å². The molecule has 0 spiro atoms. The van der Waals surface area contributed by atoms with E-state index in [2.05, 4.69) is 20.3 Å². The second kappa shape index (κ2) is 6.20. The van der Waals surface area contributed by atoms with Gasteiger partial charge in [-0.15, -0.1) is 0 Å². The number of hydrogen-bond acceptors (Lipinski definition) is 8. The zero-order valence-electron chi connectivity index (χ0n) is 14.0. The zero-order valence-corrected chi connectivity index (χ0v) is 14.0. The summed E-state index contributed by atoms with van der Waals surface area (Å²) < 4.78 is 15.7. The third-order valence-electron chi connectivity index (χ3n) is 4.35. The highest BCUT2D eigenvalue weighted by atomic mass is 16.5. The van der Waals surface area contributed by atoms with Crippen molar-refractivity contribution in [3.8, 4) is 23.0 Å². The largest absolute Gasteiger partial charge is 0.461 e. The van der Waals surface area contributed by atoms with E-state index >= 15 is 0 Å². The van der Waals surface area contributed by atoms with E-state index in [0.717, 1.165) is 0 Å². The lowest BCUT2D eigenvalue weighted by Crippen LogP contribution is -2.48. The highest BCUT2D eigenvalue weighted by Gasteiger charge is 2.37. The molecule has 1 amide bonds. The topological polar surface area (TPSA) is 111 Å². The lowest BCUT2D eigenvalue weighted by molar-refractivity contribution is 0.0558. The fourth-order valence-corrected chi connectivity index (χ4v) is 2.87. The summed E-state index contributed by atoms with van der Waals surface area (Å²) in [7, 11) is 0. The number of nitrogens with zero attached hydrogens (tertiary/aromatic N) is 5. The van der Waals surface area contributed by atoms with Crippen molar-refractivity contribution in [3.05, 3.63) is 60.4 Å². The summed E-state index contributed by atoms with van der Waals surface area (Å²) in [6, 6.07) is 10.5. The van der Waals surface area contributed by atoms with Crippen molar-refractivity contribution < 1.29 is 18.3 Å². The van der Waals surface area contributed by atoms with Crippen LogP contribution in [0.2, 0.25) is 0 Å².